The number of nitrogens with zero attached hydrogens (tertiary/aromatic N) is 1. The summed E-state index contributed by atoms with van der Waals surface area (Å²) in [4.78, 5) is 37.9. The molecule has 148 valence electrons. The fourth-order valence-corrected chi connectivity index (χ4v) is 3.17. The Balaban J connectivity index is 1.78. The first-order chi connectivity index (χ1) is 13.8. The molecule has 0 unspecified atom stereocenters. The van der Waals surface area contributed by atoms with Crippen molar-refractivity contribution in [3.05, 3.63) is 93.3 Å². The molecule has 3 rings (SSSR count). The van der Waals surface area contributed by atoms with E-state index in [0.29, 0.717) is 16.1 Å². The van der Waals surface area contributed by atoms with Crippen LogP contribution >= 0.6 is 11.6 Å². The van der Waals surface area contributed by atoms with Gasteiger partial charge in [0.2, 0.25) is 5.78 Å². The lowest BCUT2D eigenvalue weighted by Crippen LogP contribution is -2.17. The van der Waals surface area contributed by atoms with Crippen LogP contribution in [0.5, 0.6) is 0 Å². The van der Waals surface area contributed by atoms with E-state index in [0.717, 1.165) is 11.4 Å². The minimum absolute atomic E-state index is 0.112. The Kier molecular flexibility index (Phi) is 5.99. The van der Waals surface area contributed by atoms with E-state index in [-0.39, 0.29) is 22.7 Å². The van der Waals surface area contributed by atoms with Gasteiger partial charge in [0.25, 0.3) is 0 Å². The molecule has 5 nitrogen and oxygen atoms in total. The number of esters is 1. The second kappa shape index (κ2) is 8.45. The summed E-state index contributed by atoms with van der Waals surface area (Å²) in [6.45, 7) is 3.34. The van der Waals surface area contributed by atoms with Crippen LogP contribution in [0.1, 0.15) is 48.0 Å². The maximum absolute atomic E-state index is 12.8. The molecule has 29 heavy (non-hydrogen) atoms. The van der Waals surface area contributed by atoms with Gasteiger partial charge >= 0.3 is 5.97 Å². The molecule has 0 bridgehead atoms. The SMILES string of the molecule is Cc1cc(C(=O)COC(=O)c2ccccc2C(=O)c2ccc(Cl)cc2)c(C)n1C. The lowest BCUT2D eigenvalue weighted by Gasteiger charge is -2.09. The molecule has 0 saturated heterocycles. The fraction of sp³-hybridized carbons (Fsp3) is 0.174. The third-order valence-electron chi connectivity index (χ3n) is 4.91. The molecular formula is C23H20ClNO4. The third kappa shape index (κ3) is 4.30. The molecule has 0 atom stereocenters. The second-order valence-corrected chi connectivity index (χ2v) is 7.16. The van der Waals surface area contributed by atoms with E-state index < -0.39 is 12.6 Å². The normalized spacial score (nSPS) is 10.6. The number of ketones is 2. The number of hydrogen-bond donors (Lipinski definition) is 0. The summed E-state index contributed by atoms with van der Waals surface area (Å²) in [7, 11) is 1.87. The first kappa shape index (κ1) is 20.6. The van der Waals surface area contributed by atoms with Crippen LogP contribution in [0.3, 0.4) is 0 Å². The van der Waals surface area contributed by atoms with Crippen molar-refractivity contribution in [2.75, 3.05) is 6.61 Å². The van der Waals surface area contributed by atoms with Gasteiger partial charge in [-0.15, -0.1) is 0 Å². The lowest BCUT2D eigenvalue weighted by molar-refractivity contribution is 0.0472. The summed E-state index contributed by atoms with van der Waals surface area (Å²) in [6.07, 6.45) is 0. The second-order valence-electron chi connectivity index (χ2n) is 6.72. The van der Waals surface area contributed by atoms with Gasteiger partial charge in [0.1, 0.15) is 0 Å². The molecule has 0 aliphatic carbocycles. The number of rotatable bonds is 6. The van der Waals surface area contributed by atoms with Crippen LogP contribution in [0.15, 0.2) is 54.6 Å². The number of Topliss-reactive ketones (excluding diaryl/α,β-unsaturated/α-hetero) is 1. The van der Waals surface area contributed by atoms with Crippen molar-refractivity contribution in [3.63, 3.8) is 0 Å². The van der Waals surface area contributed by atoms with Gasteiger partial charge in [0.15, 0.2) is 12.4 Å². The minimum atomic E-state index is -0.721. The number of aromatic nitrogens is 1. The number of aryl methyl sites for hydroxylation is 1. The Morgan fingerprint density at radius 3 is 2.14 bits per heavy atom. The summed E-state index contributed by atoms with van der Waals surface area (Å²) >= 11 is 5.87. The maximum atomic E-state index is 12.8. The first-order valence-corrected chi connectivity index (χ1v) is 9.40. The quantitative estimate of drug-likeness (QED) is 0.442. The van der Waals surface area contributed by atoms with E-state index in [1.54, 1.807) is 48.5 Å². The number of carbonyl (C=O) groups excluding carboxylic acids is 3. The molecule has 0 radical (unpaired) electrons. The van der Waals surface area contributed by atoms with Gasteiger partial charge in [0.05, 0.1) is 5.56 Å². The molecule has 0 fully saturated rings. The number of benzene rings is 2. The number of ether oxygens (including phenoxy) is 1. The standard InChI is InChI=1S/C23H20ClNO4/c1-14-12-20(15(2)25(14)3)21(26)13-29-23(28)19-7-5-4-6-18(19)22(27)16-8-10-17(24)11-9-16/h4-12H,13H2,1-3H3. The largest absolute Gasteiger partial charge is 0.454 e. The molecule has 0 aliphatic heterocycles. The van der Waals surface area contributed by atoms with Gasteiger partial charge in [0, 0.05) is 40.1 Å². The topological polar surface area (TPSA) is 65.4 Å². The molecule has 0 aliphatic rings. The van der Waals surface area contributed by atoms with Crippen molar-refractivity contribution in [1.29, 1.82) is 0 Å². The van der Waals surface area contributed by atoms with Crippen molar-refractivity contribution in [1.82, 2.24) is 4.57 Å². The van der Waals surface area contributed by atoms with Crippen molar-refractivity contribution in [2.24, 2.45) is 7.05 Å². The Morgan fingerprint density at radius 1 is 0.931 bits per heavy atom. The molecule has 1 heterocycles. The monoisotopic (exact) mass is 409 g/mol. The number of halogens is 1. The first-order valence-electron chi connectivity index (χ1n) is 9.02. The zero-order chi connectivity index (χ0) is 21.1. The Hall–Kier alpha value is -3.18. The van der Waals surface area contributed by atoms with Gasteiger partial charge in [-0.2, -0.15) is 0 Å². The summed E-state index contributed by atoms with van der Waals surface area (Å²) in [5.74, 6) is -1.34. The summed E-state index contributed by atoms with van der Waals surface area (Å²) in [5, 5.41) is 0.513. The highest BCUT2D eigenvalue weighted by Crippen LogP contribution is 2.19. The zero-order valence-corrected chi connectivity index (χ0v) is 17.1. The Labute approximate surface area is 173 Å². The molecular weight excluding hydrogens is 390 g/mol. The summed E-state index contributed by atoms with van der Waals surface area (Å²) < 4.78 is 7.12. The average molecular weight is 410 g/mol. The maximum Gasteiger partial charge on any atom is 0.339 e. The van der Waals surface area contributed by atoms with E-state index in [2.05, 4.69) is 0 Å². The highest BCUT2D eigenvalue weighted by molar-refractivity contribution is 6.30. The van der Waals surface area contributed by atoms with Gasteiger partial charge in [-0.25, -0.2) is 4.79 Å². The number of carbonyl (C=O) groups is 3. The molecule has 0 N–H and O–H groups in total. The van der Waals surface area contributed by atoms with Crippen LogP contribution in [0.2, 0.25) is 5.02 Å². The lowest BCUT2D eigenvalue weighted by atomic mass is 9.98. The number of hydrogen-bond acceptors (Lipinski definition) is 4. The Morgan fingerprint density at radius 2 is 1.55 bits per heavy atom. The fourth-order valence-electron chi connectivity index (χ4n) is 3.04. The van der Waals surface area contributed by atoms with Crippen LogP contribution in [0.4, 0.5) is 0 Å². The predicted octanol–water partition coefficient (Wildman–Crippen LogP) is 4.57. The van der Waals surface area contributed by atoms with Crippen molar-refractivity contribution >= 4 is 29.1 Å². The predicted molar refractivity (Wildman–Crippen MR) is 111 cm³/mol. The highest BCUT2D eigenvalue weighted by atomic mass is 35.5. The van der Waals surface area contributed by atoms with E-state index in [4.69, 9.17) is 16.3 Å². The van der Waals surface area contributed by atoms with Gasteiger partial charge < -0.3 is 9.30 Å². The van der Waals surface area contributed by atoms with E-state index in [9.17, 15) is 14.4 Å². The molecule has 6 heteroatoms. The van der Waals surface area contributed by atoms with Crippen LogP contribution < -0.4 is 0 Å². The van der Waals surface area contributed by atoms with Gasteiger partial charge in [-0.3, -0.25) is 9.59 Å². The molecule has 0 amide bonds. The molecule has 1 aromatic heterocycles. The molecule has 0 saturated carbocycles. The summed E-state index contributed by atoms with van der Waals surface area (Å²) in [5.41, 5.74) is 2.99. The minimum Gasteiger partial charge on any atom is -0.454 e. The smallest absolute Gasteiger partial charge is 0.339 e. The highest BCUT2D eigenvalue weighted by Gasteiger charge is 2.21. The zero-order valence-electron chi connectivity index (χ0n) is 16.4. The third-order valence-corrected chi connectivity index (χ3v) is 5.16. The van der Waals surface area contributed by atoms with Crippen molar-refractivity contribution in [2.45, 2.75) is 13.8 Å². The van der Waals surface area contributed by atoms with Crippen LogP contribution in [0, 0.1) is 13.8 Å². The average Bonchev–Trinajstić information content (AvgIpc) is 2.99. The molecule has 3 aromatic rings. The van der Waals surface area contributed by atoms with Gasteiger partial charge in [-0.05, 0) is 50.2 Å². The van der Waals surface area contributed by atoms with E-state index in [1.807, 2.05) is 25.5 Å². The van der Waals surface area contributed by atoms with E-state index in [1.165, 1.54) is 6.07 Å². The van der Waals surface area contributed by atoms with Crippen LogP contribution in [0.25, 0.3) is 0 Å². The Bertz CT molecular complexity index is 1100. The van der Waals surface area contributed by atoms with E-state index >= 15 is 0 Å². The van der Waals surface area contributed by atoms with Gasteiger partial charge in [-0.1, -0.05) is 29.8 Å². The van der Waals surface area contributed by atoms with Crippen molar-refractivity contribution < 1.29 is 19.1 Å². The van der Waals surface area contributed by atoms with Crippen LogP contribution in [-0.2, 0) is 11.8 Å². The van der Waals surface area contributed by atoms with Crippen molar-refractivity contribution in [3.8, 4) is 0 Å². The summed E-state index contributed by atoms with van der Waals surface area (Å²) in [6, 6.07) is 14.5. The molecule has 2 aromatic carbocycles. The molecule has 0 spiro atoms. The van der Waals surface area contributed by atoms with Crippen LogP contribution in [-0.4, -0.2) is 28.7 Å².